The van der Waals surface area contributed by atoms with Crippen molar-refractivity contribution in [1.29, 1.82) is 0 Å². The van der Waals surface area contributed by atoms with Gasteiger partial charge in [-0.05, 0) is 54.4 Å². The summed E-state index contributed by atoms with van der Waals surface area (Å²) >= 11 is 3.40. The van der Waals surface area contributed by atoms with Crippen LogP contribution in [0.15, 0.2) is 16.6 Å². The molecule has 76 valence electrons. The molecule has 0 aromatic heterocycles. The van der Waals surface area contributed by atoms with Gasteiger partial charge in [-0.3, -0.25) is 4.79 Å². The monoisotopic (exact) mass is 256 g/mol. The number of halogens is 1. The number of rotatable bonds is 3. The van der Waals surface area contributed by atoms with Crippen molar-refractivity contribution in [2.75, 3.05) is 6.61 Å². The van der Waals surface area contributed by atoms with Crippen LogP contribution < -0.4 is 4.74 Å². The summed E-state index contributed by atoms with van der Waals surface area (Å²) in [5, 5.41) is 0. The van der Waals surface area contributed by atoms with Gasteiger partial charge in [-0.25, -0.2) is 0 Å². The molecule has 0 saturated heterocycles. The number of benzene rings is 1. The van der Waals surface area contributed by atoms with Gasteiger partial charge in [0.2, 0.25) is 0 Å². The highest BCUT2D eigenvalue weighted by atomic mass is 79.9. The zero-order valence-electron chi connectivity index (χ0n) is 8.56. The minimum atomic E-state index is 0.0657. The third-order valence-electron chi connectivity index (χ3n) is 1.96. The third-order valence-corrected chi connectivity index (χ3v) is 2.58. The molecule has 0 heterocycles. The van der Waals surface area contributed by atoms with Crippen molar-refractivity contribution in [2.24, 2.45) is 0 Å². The second-order valence-corrected chi connectivity index (χ2v) is 3.94. The predicted octanol–water partition coefficient (Wildman–Crippen LogP) is 3.36. The number of aryl methyl sites for hydroxylation is 1. The normalized spacial score (nSPS) is 10.0. The van der Waals surface area contributed by atoms with Gasteiger partial charge in [0, 0.05) is 5.56 Å². The molecule has 0 fully saturated rings. The molecule has 0 aliphatic carbocycles. The van der Waals surface area contributed by atoms with E-state index < -0.39 is 0 Å². The number of carbonyl (C=O) groups is 1. The van der Waals surface area contributed by atoms with Crippen LogP contribution in [0.3, 0.4) is 0 Å². The molecule has 2 nitrogen and oxygen atoms in total. The maximum atomic E-state index is 11.3. The van der Waals surface area contributed by atoms with E-state index in [1.807, 2.05) is 19.9 Å². The quantitative estimate of drug-likeness (QED) is 0.776. The average Bonchev–Trinajstić information content (AvgIpc) is 2.09. The van der Waals surface area contributed by atoms with Crippen LogP contribution in [0.1, 0.15) is 29.8 Å². The summed E-state index contributed by atoms with van der Waals surface area (Å²) in [6.45, 7) is 5.99. The Labute approximate surface area is 92.4 Å². The lowest BCUT2D eigenvalue weighted by atomic mass is 10.1. The molecule has 0 bridgehead atoms. The zero-order valence-corrected chi connectivity index (χ0v) is 10.1. The molecule has 0 unspecified atom stereocenters. The maximum absolute atomic E-state index is 11.3. The lowest BCUT2D eigenvalue weighted by molar-refractivity contribution is 0.101. The fourth-order valence-corrected chi connectivity index (χ4v) is 1.87. The molecule has 1 aromatic rings. The number of carbonyl (C=O) groups excluding carboxylic acids is 1. The van der Waals surface area contributed by atoms with E-state index in [-0.39, 0.29) is 5.78 Å². The summed E-state index contributed by atoms with van der Waals surface area (Å²) < 4.78 is 6.27. The number of hydrogen-bond acceptors (Lipinski definition) is 2. The largest absolute Gasteiger partial charge is 0.493 e. The van der Waals surface area contributed by atoms with Gasteiger partial charge in [0.25, 0.3) is 0 Å². The summed E-state index contributed by atoms with van der Waals surface area (Å²) in [5.41, 5.74) is 1.68. The molecule has 0 amide bonds. The SMILES string of the molecule is CCOc1cc(C(C)=O)c(C)cc1Br. The van der Waals surface area contributed by atoms with E-state index in [2.05, 4.69) is 15.9 Å². The van der Waals surface area contributed by atoms with E-state index in [1.165, 1.54) is 0 Å². The van der Waals surface area contributed by atoms with E-state index in [9.17, 15) is 4.79 Å². The number of ketones is 1. The summed E-state index contributed by atoms with van der Waals surface area (Å²) in [5.74, 6) is 0.791. The van der Waals surface area contributed by atoms with Crippen LogP contribution in [0.25, 0.3) is 0 Å². The Balaban J connectivity index is 3.20. The maximum Gasteiger partial charge on any atom is 0.160 e. The topological polar surface area (TPSA) is 26.3 Å². The Morgan fingerprint density at radius 3 is 2.64 bits per heavy atom. The molecule has 0 aliphatic heterocycles. The first-order chi connectivity index (χ1) is 6.56. The van der Waals surface area contributed by atoms with Crippen LogP contribution in [0.4, 0.5) is 0 Å². The second kappa shape index (κ2) is 4.60. The van der Waals surface area contributed by atoms with Crippen molar-refractivity contribution in [2.45, 2.75) is 20.8 Å². The van der Waals surface area contributed by atoms with Crippen LogP contribution in [-0.4, -0.2) is 12.4 Å². The van der Waals surface area contributed by atoms with Crippen molar-refractivity contribution < 1.29 is 9.53 Å². The van der Waals surface area contributed by atoms with Crippen LogP contribution in [0.2, 0.25) is 0 Å². The van der Waals surface area contributed by atoms with E-state index in [0.717, 1.165) is 21.3 Å². The van der Waals surface area contributed by atoms with E-state index in [0.29, 0.717) is 6.61 Å². The fourth-order valence-electron chi connectivity index (χ4n) is 1.30. The first-order valence-corrected chi connectivity index (χ1v) is 5.29. The molecule has 0 spiro atoms. The fraction of sp³-hybridized carbons (Fsp3) is 0.364. The Morgan fingerprint density at radius 1 is 1.50 bits per heavy atom. The van der Waals surface area contributed by atoms with Gasteiger partial charge in [-0.1, -0.05) is 0 Å². The van der Waals surface area contributed by atoms with Crippen LogP contribution in [-0.2, 0) is 0 Å². The average molecular weight is 257 g/mol. The molecule has 3 heteroatoms. The summed E-state index contributed by atoms with van der Waals surface area (Å²) in [6, 6.07) is 3.69. The Kier molecular flexibility index (Phi) is 3.69. The zero-order chi connectivity index (χ0) is 10.7. The molecule has 0 saturated carbocycles. The van der Waals surface area contributed by atoms with Crippen LogP contribution in [0, 0.1) is 6.92 Å². The molecule has 1 rings (SSSR count). The van der Waals surface area contributed by atoms with Gasteiger partial charge < -0.3 is 4.74 Å². The van der Waals surface area contributed by atoms with Crippen molar-refractivity contribution in [1.82, 2.24) is 0 Å². The van der Waals surface area contributed by atoms with Gasteiger partial charge >= 0.3 is 0 Å². The number of Topliss-reactive ketones (excluding diaryl/α,β-unsaturated/α-hetero) is 1. The third kappa shape index (κ3) is 2.35. The highest BCUT2D eigenvalue weighted by Crippen LogP contribution is 2.28. The highest BCUT2D eigenvalue weighted by molar-refractivity contribution is 9.10. The van der Waals surface area contributed by atoms with Crippen molar-refractivity contribution in [3.63, 3.8) is 0 Å². The number of ether oxygens (including phenoxy) is 1. The van der Waals surface area contributed by atoms with Gasteiger partial charge in [-0.2, -0.15) is 0 Å². The first-order valence-electron chi connectivity index (χ1n) is 4.50. The summed E-state index contributed by atoms with van der Waals surface area (Å²) in [7, 11) is 0. The summed E-state index contributed by atoms with van der Waals surface area (Å²) in [6.07, 6.45) is 0. The van der Waals surface area contributed by atoms with E-state index in [4.69, 9.17) is 4.74 Å². The van der Waals surface area contributed by atoms with E-state index in [1.54, 1.807) is 13.0 Å². The molecular formula is C11H13BrO2. The standard InChI is InChI=1S/C11H13BrO2/c1-4-14-11-6-9(8(3)13)7(2)5-10(11)12/h5-6H,4H2,1-3H3. The van der Waals surface area contributed by atoms with Crippen molar-refractivity contribution >= 4 is 21.7 Å². The number of hydrogen-bond donors (Lipinski definition) is 0. The molecule has 0 aliphatic rings. The first kappa shape index (κ1) is 11.2. The van der Waals surface area contributed by atoms with Gasteiger partial charge in [0.15, 0.2) is 5.78 Å². The molecule has 14 heavy (non-hydrogen) atoms. The minimum Gasteiger partial charge on any atom is -0.493 e. The molecule has 0 N–H and O–H groups in total. The Bertz CT molecular complexity index is 359. The molecule has 1 aromatic carbocycles. The highest BCUT2D eigenvalue weighted by Gasteiger charge is 2.09. The minimum absolute atomic E-state index is 0.0657. The second-order valence-electron chi connectivity index (χ2n) is 3.09. The lowest BCUT2D eigenvalue weighted by Gasteiger charge is -2.09. The van der Waals surface area contributed by atoms with Gasteiger partial charge in [0.1, 0.15) is 5.75 Å². The smallest absolute Gasteiger partial charge is 0.160 e. The molecule has 0 atom stereocenters. The Hall–Kier alpha value is -0.830. The summed E-state index contributed by atoms with van der Waals surface area (Å²) in [4.78, 5) is 11.3. The van der Waals surface area contributed by atoms with Gasteiger partial charge in [-0.15, -0.1) is 0 Å². The Morgan fingerprint density at radius 2 is 2.14 bits per heavy atom. The van der Waals surface area contributed by atoms with Gasteiger partial charge in [0.05, 0.1) is 11.1 Å². The molecular weight excluding hydrogens is 244 g/mol. The van der Waals surface area contributed by atoms with Crippen molar-refractivity contribution in [3.8, 4) is 5.75 Å². The van der Waals surface area contributed by atoms with Crippen LogP contribution >= 0.6 is 15.9 Å². The molecule has 0 radical (unpaired) electrons. The van der Waals surface area contributed by atoms with Crippen LogP contribution in [0.5, 0.6) is 5.75 Å². The van der Waals surface area contributed by atoms with Crippen molar-refractivity contribution in [3.05, 3.63) is 27.7 Å². The predicted molar refractivity (Wildman–Crippen MR) is 60.1 cm³/mol. The lowest BCUT2D eigenvalue weighted by Crippen LogP contribution is -1.99. The van der Waals surface area contributed by atoms with E-state index >= 15 is 0 Å².